The molecule has 0 amide bonds. The van der Waals surface area contributed by atoms with Crippen LogP contribution in [0.2, 0.25) is 0 Å². The Balaban J connectivity index is 1.30. The van der Waals surface area contributed by atoms with Gasteiger partial charge in [-0.2, -0.15) is 0 Å². The minimum absolute atomic E-state index is 0.635. The molecule has 0 N–H and O–H groups in total. The number of hydrogen-bond donors (Lipinski definition) is 0. The zero-order valence-electron chi connectivity index (χ0n) is 25.5. The SMILES string of the molecule is c1ccc(-c2nc(-c3ccccc3)nc(-c3ccccc3-c3ccccc3-n3c4ccccc4c4cc5ccccc5cc43)n2)cc1. The molecule has 0 bridgehead atoms. The van der Waals surface area contributed by atoms with Crippen molar-refractivity contribution in [3.8, 4) is 51.0 Å². The van der Waals surface area contributed by atoms with Gasteiger partial charge >= 0.3 is 0 Å². The number of rotatable bonds is 5. The van der Waals surface area contributed by atoms with Crippen LogP contribution in [-0.2, 0) is 0 Å². The summed E-state index contributed by atoms with van der Waals surface area (Å²) in [7, 11) is 0. The van der Waals surface area contributed by atoms with Crippen molar-refractivity contribution in [1.82, 2.24) is 19.5 Å². The van der Waals surface area contributed by atoms with Crippen molar-refractivity contribution in [2.75, 3.05) is 0 Å². The lowest BCUT2D eigenvalue weighted by Crippen LogP contribution is -2.02. The molecule has 47 heavy (non-hydrogen) atoms. The van der Waals surface area contributed by atoms with Gasteiger partial charge in [-0.25, -0.2) is 15.0 Å². The molecule has 2 heterocycles. The summed E-state index contributed by atoms with van der Waals surface area (Å²) in [6, 6.07) is 59.2. The Hall–Kier alpha value is -6.39. The molecule has 0 fully saturated rings. The fourth-order valence-corrected chi connectivity index (χ4v) is 6.65. The molecule has 9 aromatic rings. The Labute approximate surface area is 272 Å². The van der Waals surface area contributed by atoms with Crippen LogP contribution in [0.4, 0.5) is 0 Å². The number of para-hydroxylation sites is 2. The Morgan fingerprint density at radius 3 is 1.55 bits per heavy atom. The number of nitrogens with zero attached hydrogens (tertiary/aromatic N) is 4. The van der Waals surface area contributed by atoms with E-state index in [4.69, 9.17) is 15.0 Å². The van der Waals surface area contributed by atoms with Gasteiger partial charge in [-0.15, -0.1) is 0 Å². The molecule has 0 saturated heterocycles. The molecule has 9 rings (SSSR count). The average Bonchev–Trinajstić information content (AvgIpc) is 3.47. The van der Waals surface area contributed by atoms with E-state index < -0.39 is 0 Å². The van der Waals surface area contributed by atoms with Gasteiger partial charge in [0.15, 0.2) is 17.5 Å². The number of aromatic nitrogens is 4. The maximum atomic E-state index is 5.08. The Morgan fingerprint density at radius 1 is 0.340 bits per heavy atom. The summed E-state index contributed by atoms with van der Waals surface area (Å²) in [6.07, 6.45) is 0. The van der Waals surface area contributed by atoms with E-state index >= 15 is 0 Å². The normalized spacial score (nSPS) is 11.4. The molecular weight excluding hydrogens is 573 g/mol. The number of benzene rings is 7. The van der Waals surface area contributed by atoms with Crippen LogP contribution >= 0.6 is 0 Å². The van der Waals surface area contributed by atoms with Crippen molar-refractivity contribution in [2.24, 2.45) is 0 Å². The Kier molecular flexibility index (Phi) is 6.43. The molecule has 0 radical (unpaired) electrons. The lowest BCUT2D eigenvalue weighted by molar-refractivity contribution is 1.07. The zero-order valence-corrected chi connectivity index (χ0v) is 25.5. The number of fused-ring (bicyclic) bond motifs is 4. The molecule has 0 saturated carbocycles. The van der Waals surface area contributed by atoms with Gasteiger partial charge in [-0.1, -0.05) is 146 Å². The first-order valence-corrected chi connectivity index (χ1v) is 15.8. The monoisotopic (exact) mass is 600 g/mol. The van der Waals surface area contributed by atoms with Gasteiger partial charge in [0.1, 0.15) is 0 Å². The molecule has 0 aliphatic carbocycles. The van der Waals surface area contributed by atoms with Crippen LogP contribution in [0, 0.1) is 0 Å². The average molecular weight is 601 g/mol. The highest BCUT2D eigenvalue weighted by molar-refractivity contribution is 6.14. The molecule has 4 heteroatoms. The zero-order chi connectivity index (χ0) is 31.2. The van der Waals surface area contributed by atoms with Gasteiger partial charge in [0.2, 0.25) is 0 Å². The lowest BCUT2D eigenvalue weighted by atomic mass is 9.97. The van der Waals surface area contributed by atoms with Gasteiger partial charge in [0, 0.05) is 33.0 Å². The summed E-state index contributed by atoms with van der Waals surface area (Å²) in [5, 5.41) is 4.92. The summed E-state index contributed by atoms with van der Waals surface area (Å²) < 4.78 is 2.40. The summed E-state index contributed by atoms with van der Waals surface area (Å²) >= 11 is 0. The Bertz CT molecular complexity index is 2510. The van der Waals surface area contributed by atoms with Crippen molar-refractivity contribution >= 4 is 32.6 Å². The van der Waals surface area contributed by atoms with Gasteiger partial charge < -0.3 is 4.57 Å². The fraction of sp³-hybridized carbons (Fsp3) is 0. The quantitative estimate of drug-likeness (QED) is 0.197. The van der Waals surface area contributed by atoms with Crippen molar-refractivity contribution in [3.63, 3.8) is 0 Å². The second-order valence-corrected chi connectivity index (χ2v) is 11.7. The van der Waals surface area contributed by atoms with Gasteiger partial charge in [0.25, 0.3) is 0 Å². The molecule has 0 spiro atoms. The molecule has 0 unspecified atom stereocenters. The van der Waals surface area contributed by atoms with Crippen LogP contribution in [-0.4, -0.2) is 19.5 Å². The first-order chi connectivity index (χ1) is 23.3. The van der Waals surface area contributed by atoms with E-state index in [2.05, 4.69) is 114 Å². The van der Waals surface area contributed by atoms with E-state index in [0.29, 0.717) is 17.5 Å². The maximum Gasteiger partial charge on any atom is 0.164 e. The smallest absolute Gasteiger partial charge is 0.164 e. The van der Waals surface area contributed by atoms with E-state index in [0.717, 1.165) is 33.5 Å². The molecule has 220 valence electrons. The summed E-state index contributed by atoms with van der Waals surface area (Å²) in [5.41, 5.74) is 8.44. The predicted molar refractivity (Wildman–Crippen MR) is 193 cm³/mol. The molecule has 0 aliphatic rings. The molecule has 7 aromatic carbocycles. The molecule has 0 atom stereocenters. The van der Waals surface area contributed by atoms with E-state index in [1.807, 2.05) is 60.7 Å². The molecular formula is C43H28N4. The molecule has 4 nitrogen and oxygen atoms in total. The first kappa shape index (κ1) is 27.0. The highest BCUT2D eigenvalue weighted by Crippen LogP contribution is 2.40. The summed E-state index contributed by atoms with van der Waals surface area (Å²) in [6.45, 7) is 0. The van der Waals surface area contributed by atoms with Crippen molar-refractivity contribution in [2.45, 2.75) is 0 Å². The van der Waals surface area contributed by atoms with Crippen molar-refractivity contribution in [1.29, 1.82) is 0 Å². The van der Waals surface area contributed by atoms with Crippen LogP contribution in [0.15, 0.2) is 170 Å². The van der Waals surface area contributed by atoms with E-state index in [1.54, 1.807) is 0 Å². The van der Waals surface area contributed by atoms with Gasteiger partial charge in [-0.3, -0.25) is 0 Å². The maximum absolute atomic E-state index is 5.08. The molecule has 0 aliphatic heterocycles. The lowest BCUT2D eigenvalue weighted by Gasteiger charge is -2.17. The summed E-state index contributed by atoms with van der Waals surface area (Å²) in [4.78, 5) is 15.1. The van der Waals surface area contributed by atoms with Gasteiger partial charge in [-0.05, 0) is 40.6 Å². The predicted octanol–water partition coefficient (Wildman–Crippen LogP) is 10.8. The highest BCUT2D eigenvalue weighted by atomic mass is 15.0. The van der Waals surface area contributed by atoms with E-state index in [9.17, 15) is 0 Å². The van der Waals surface area contributed by atoms with E-state index in [1.165, 1.54) is 32.6 Å². The van der Waals surface area contributed by atoms with Crippen LogP contribution < -0.4 is 0 Å². The van der Waals surface area contributed by atoms with Gasteiger partial charge in [0.05, 0.1) is 16.7 Å². The standard InChI is InChI=1S/C43H28N4/c1-3-15-29(16-4-1)41-44-42(30-17-5-2-6-18-30)46-43(45-41)36-24-10-9-21-33(36)34-22-11-13-25-38(34)47-39-26-14-12-23-35(39)37-27-31-19-7-8-20-32(31)28-40(37)47/h1-28H. The van der Waals surface area contributed by atoms with Crippen LogP contribution in [0.5, 0.6) is 0 Å². The fourth-order valence-electron chi connectivity index (χ4n) is 6.65. The second-order valence-electron chi connectivity index (χ2n) is 11.7. The molecule has 2 aromatic heterocycles. The topological polar surface area (TPSA) is 43.6 Å². The largest absolute Gasteiger partial charge is 0.309 e. The number of hydrogen-bond acceptors (Lipinski definition) is 3. The first-order valence-electron chi connectivity index (χ1n) is 15.8. The minimum atomic E-state index is 0.635. The Morgan fingerprint density at radius 2 is 0.851 bits per heavy atom. The van der Waals surface area contributed by atoms with Crippen LogP contribution in [0.3, 0.4) is 0 Å². The van der Waals surface area contributed by atoms with E-state index in [-0.39, 0.29) is 0 Å². The second kappa shape index (κ2) is 11.2. The summed E-state index contributed by atoms with van der Waals surface area (Å²) in [5.74, 6) is 1.93. The van der Waals surface area contributed by atoms with Crippen molar-refractivity contribution < 1.29 is 0 Å². The van der Waals surface area contributed by atoms with Crippen LogP contribution in [0.25, 0.3) is 83.6 Å². The van der Waals surface area contributed by atoms with Crippen LogP contribution in [0.1, 0.15) is 0 Å². The highest BCUT2D eigenvalue weighted by Gasteiger charge is 2.20. The minimum Gasteiger partial charge on any atom is -0.309 e. The third kappa shape index (κ3) is 4.66. The third-order valence-electron chi connectivity index (χ3n) is 8.84. The van der Waals surface area contributed by atoms with Crippen molar-refractivity contribution in [3.05, 3.63) is 170 Å². The third-order valence-corrected chi connectivity index (χ3v) is 8.84.